The molecule has 0 saturated heterocycles. The molecule has 1 aliphatic heterocycles. The van der Waals surface area contributed by atoms with Gasteiger partial charge in [-0.3, -0.25) is 5.41 Å². The lowest BCUT2D eigenvalue weighted by Gasteiger charge is -2.29. The Balaban J connectivity index is 2.54. The third-order valence-electron chi connectivity index (χ3n) is 3.88. The fourth-order valence-corrected chi connectivity index (χ4v) is 2.99. The summed E-state index contributed by atoms with van der Waals surface area (Å²) in [6, 6.07) is 6.57. The monoisotopic (exact) mass is 370 g/mol. The van der Waals surface area contributed by atoms with Crippen molar-refractivity contribution in [3.63, 3.8) is 0 Å². The fraction of sp³-hybridized carbons (Fsp3) is 0.211. The van der Waals surface area contributed by atoms with Gasteiger partial charge >= 0.3 is 11.9 Å². The van der Waals surface area contributed by atoms with Crippen molar-refractivity contribution < 1.29 is 19.1 Å². The Hall–Kier alpha value is -3.02. The van der Waals surface area contributed by atoms with Crippen molar-refractivity contribution in [3.8, 4) is 0 Å². The van der Waals surface area contributed by atoms with Gasteiger partial charge in [0.1, 0.15) is 11.6 Å². The third-order valence-corrected chi connectivity index (χ3v) is 4.20. The van der Waals surface area contributed by atoms with Gasteiger partial charge in [0.05, 0.1) is 29.7 Å². The smallest absolute Gasteiger partial charge is 0.337 e. The molecule has 0 amide bonds. The highest BCUT2D eigenvalue weighted by atomic mass is 32.1. The minimum atomic E-state index is -0.620. The van der Waals surface area contributed by atoms with E-state index >= 15 is 0 Å². The number of methoxy groups -OCH3 is 1. The largest absolute Gasteiger partial charge is 0.465 e. The van der Waals surface area contributed by atoms with Gasteiger partial charge in [-0.2, -0.15) is 0 Å². The molecular formula is C19H18N2O4S. The van der Waals surface area contributed by atoms with E-state index in [4.69, 9.17) is 27.1 Å². The van der Waals surface area contributed by atoms with Crippen LogP contribution in [0.5, 0.6) is 0 Å². The lowest BCUT2D eigenvalue weighted by atomic mass is 9.81. The molecule has 0 radical (unpaired) electrons. The van der Waals surface area contributed by atoms with Crippen LogP contribution < -0.4 is 5.32 Å². The molecule has 0 bridgehead atoms. The van der Waals surface area contributed by atoms with E-state index in [2.05, 4.69) is 17.8 Å². The SMILES string of the molecule is C=CCOC(=O)C1=C(C)NC(=S)C(=C=N)C1c1ccc(C(=O)OC)cc1. The molecule has 1 aliphatic rings. The Morgan fingerprint density at radius 3 is 2.54 bits per heavy atom. The number of esters is 2. The maximum atomic E-state index is 12.6. The number of ether oxygens (including phenoxy) is 2. The number of nitrogens with one attached hydrogen (secondary N) is 2. The Morgan fingerprint density at radius 1 is 1.35 bits per heavy atom. The molecule has 1 heterocycles. The quantitative estimate of drug-likeness (QED) is 0.272. The number of rotatable bonds is 5. The standard InChI is InChI=1S/C19H18N2O4S/c1-4-9-25-19(23)15-11(2)21-17(26)14(10-20)16(15)12-5-7-13(8-6-12)18(22)24-3/h4-8,16,20H,1,9H2,2-3H3,(H,21,26). The van der Waals surface area contributed by atoms with Crippen LogP contribution in [0.4, 0.5) is 0 Å². The van der Waals surface area contributed by atoms with Crippen LogP contribution in [-0.2, 0) is 14.3 Å². The average molecular weight is 370 g/mol. The summed E-state index contributed by atoms with van der Waals surface area (Å²) in [7, 11) is 1.30. The Bertz CT molecular complexity index is 849. The van der Waals surface area contributed by atoms with Crippen LogP contribution in [0.1, 0.15) is 28.8 Å². The number of benzene rings is 1. The first-order chi connectivity index (χ1) is 12.4. The highest BCUT2D eigenvalue weighted by Gasteiger charge is 2.35. The summed E-state index contributed by atoms with van der Waals surface area (Å²) in [6.45, 7) is 5.31. The van der Waals surface area contributed by atoms with Gasteiger partial charge in [-0.15, -0.1) is 0 Å². The van der Waals surface area contributed by atoms with Crippen molar-refractivity contribution >= 4 is 35.0 Å². The fourth-order valence-electron chi connectivity index (χ4n) is 2.67. The normalized spacial score (nSPS) is 16.5. The van der Waals surface area contributed by atoms with E-state index < -0.39 is 17.9 Å². The van der Waals surface area contributed by atoms with Crippen LogP contribution in [0.3, 0.4) is 0 Å². The summed E-state index contributed by atoms with van der Waals surface area (Å²) in [5.74, 6) is 0.706. The predicted molar refractivity (Wildman–Crippen MR) is 101 cm³/mol. The third kappa shape index (κ3) is 3.79. The van der Waals surface area contributed by atoms with E-state index in [1.54, 1.807) is 31.2 Å². The average Bonchev–Trinajstić information content (AvgIpc) is 2.65. The topological polar surface area (TPSA) is 88.5 Å². The van der Waals surface area contributed by atoms with Crippen molar-refractivity contribution in [3.05, 3.63) is 64.9 Å². The molecule has 1 aromatic rings. The number of carbonyl (C=O) groups excluding carboxylic acids is 2. The van der Waals surface area contributed by atoms with Gasteiger partial charge < -0.3 is 14.8 Å². The first-order valence-electron chi connectivity index (χ1n) is 7.72. The lowest BCUT2D eigenvalue weighted by molar-refractivity contribution is -0.138. The molecule has 0 fully saturated rings. The first kappa shape index (κ1) is 19.3. The summed E-state index contributed by atoms with van der Waals surface area (Å²) in [5.41, 5.74) is 2.29. The van der Waals surface area contributed by atoms with Gasteiger partial charge in [0.2, 0.25) is 0 Å². The van der Waals surface area contributed by atoms with Gasteiger partial charge in [0.15, 0.2) is 0 Å². The molecule has 1 atom stereocenters. The van der Waals surface area contributed by atoms with Crippen molar-refractivity contribution in [1.82, 2.24) is 5.32 Å². The second-order valence-electron chi connectivity index (χ2n) is 5.47. The number of allylic oxidation sites excluding steroid dienone is 1. The molecular weight excluding hydrogens is 352 g/mol. The van der Waals surface area contributed by atoms with Gasteiger partial charge in [0.25, 0.3) is 0 Å². The van der Waals surface area contributed by atoms with E-state index in [0.717, 1.165) is 0 Å². The first-order valence-corrected chi connectivity index (χ1v) is 8.13. The van der Waals surface area contributed by atoms with Crippen molar-refractivity contribution in [2.24, 2.45) is 0 Å². The second-order valence-corrected chi connectivity index (χ2v) is 5.87. The number of hydrogen-bond acceptors (Lipinski definition) is 6. The Labute approximate surface area is 156 Å². The number of thiocarbonyl (C=S) groups is 1. The van der Waals surface area contributed by atoms with E-state index in [9.17, 15) is 9.59 Å². The maximum Gasteiger partial charge on any atom is 0.337 e. The molecule has 0 saturated carbocycles. The van der Waals surface area contributed by atoms with Crippen LogP contribution in [0.25, 0.3) is 0 Å². The maximum absolute atomic E-state index is 12.6. The lowest BCUT2D eigenvalue weighted by Crippen LogP contribution is -2.35. The Kier molecular flexibility index (Phi) is 6.22. The van der Waals surface area contributed by atoms with Crippen LogP contribution >= 0.6 is 12.2 Å². The Morgan fingerprint density at radius 2 is 2.00 bits per heavy atom. The molecule has 0 spiro atoms. The van der Waals surface area contributed by atoms with Crippen molar-refractivity contribution in [2.45, 2.75) is 12.8 Å². The van der Waals surface area contributed by atoms with Crippen LogP contribution in [0.2, 0.25) is 0 Å². The highest BCUT2D eigenvalue weighted by molar-refractivity contribution is 7.80. The van der Waals surface area contributed by atoms with Crippen LogP contribution in [0, 0.1) is 5.41 Å². The van der Waals surface area contributed by atoms with Gasteiger partial charge in [-0.1, -0.05) is 37.0 Å². The van der Waals surface area contributed by atoms with E-state index in [1.165, 1.54) is 13.2 Å². The molecule has 0 aliphatic carbocycles. The number of carbonyl (C=O) groups is 2. The molecule has 0 aromatic heterocycles. The molecule has 1 aromatic carbocycles. The zero-order valence-electron chi connectivity index (χ0n) is 14.4. The minimum absolute atomic E-state index is 0.0672. The predicted octanol–water partition coefficient (Wildman–Crippen LogP) is 2.67. The molecule has 134 valence electrons. The highest BCUT2D eigenvalue weighted by Crippen LogP contribution is 2.36. The minimum Gasteiger partial charge on any atom is -0.465 e. The summed E-state index contributed by atoms with van der Waals surface area (Å²) in [6.07, 6.45) is 1.47. The summed E-state index contributed by atoms with van der Waals surface area (Å²) >= 11 is 5.29. The van der Waals surface area contributed by atoms with Gasteiger partial charge in [0, 0.05) is 5.70 Å². The number of hydrogen-bond donors (Lipinski definition) is 2. The molecule has 7 heteroatoms. The molecule has 1 unspecified atom stereocenters. The van der Waals surface area contributed by atoms with Crippen molar-refractivity contribution in [2.75, 3.05) is 13.7 Å². The van der Waals surface area contributed by atoms with Crippen LogP contribution in [-0.4, -0.2) is 36.5 Å². The zero-order valence-corrected chi connectivity index (χ0v) is 15.2. The van der Waals surface area contributed by atoms with Gasteiger partial charge in [-0.05, 0) is 30.5 Å². The van der Waals surface area contributed by atoms with Crippen LogP contribution in [0.15, 0.2) is 53.8 Å². The molecule has 26 heavy (non-hydrogen) atoms. The van der Waals surface area contributed by atoms with E-state index in [0.29, 0.717) is 33.0 Å². The molecule has 6 nitrogen and oxygen atoms in total. The second kappa shape index (κ2) is 8.38. The van der Waals surface area contributed by atoms with Crippen molar-refractivity contribution in [1.29, 1.82) is 5.41 Å². The summed E-state index contributed by atoms with van der Waals surface area (Å²) in [5, 5.41) is 10.5. The molecule has 2 rings (SSSR count). The molecule has 2 N–H and O–H groups in total. The van der Waals surface area contributed by atoms with E-state index in [-0.39, 0.29) is 6.61 Å². The summed E-state index contributed by atoms with van der Waals surface area (Å²) < 4.78 is 9.88. The zero-order chi connectivity index (χ0) is 19.3. The summed E-state index contributed by atoms with van der Waals surface area (Å²) in [4.78, 5) is 24.5. The van der Waals surface area contributed by atoms with Gasteiger partial charge in [-0.25, -0.2) is 9.59 Å². The van der Waals surface area contributed by atoms with E-state index in [1.807, 2.05) is 0 Å².